The molecule has 100 valence electrons. The van der Waals surface area contributed by atoms with E-state index >= 15 is 0 Å². The number of halogens is 1. The number of fused-ring (bicyclic) bond motifs is 1. The first kappa shape index (κ1) is 13.0. The number of carbonyl (C=O) groups is 2. The summed E-state index contributed by atoms with van der Waals surface area (Å²) in [5, 5.41) is 8.10. The standard InChI is InChI=1S/C13H7BrN2O3S/c14-7-3-4-9-8(6-7)11(12(17)15-9)16-19-13(18)10-2-1-5-20-10/h1-6H,(H,15,16,17). The number of nitrogens with one attached hydrogen (secondary N) is 1. The average Bonchev–Trinajstić information content (AvgIpc) is 3.04. The zero-order valence-electron chi connectivity index (χ0n) is 9.92. The number of hydrogen-bond acceptors (Lipinski definition) is 5. The van der Waals surface area contributed by atoms with Gasteiger partial charge < -0.3 is 10.2 Å². The van der Waals surface area contributed by atoms with E-state index in [4.69, 9.17) is 4.84 Å². The summed E-state index contributed by atoms with van der Waals surface area (Å²) in [5.74, 6) is -0.971. The lowest BCUT2D eigenvalue weighted by molar-refractivity contribution is -0.110. The molecule has 7 heteroatoms. The lowest BCUT2D eigenvalue weighted by atomic mass is 10.1. The van der Waals surface area contributed by atoms with E-state index in [9.17, 15) is 9.59 Å². The van der Waals surface area contributed by atoms with Crippen LogP contribution in [-0.2, 0) is 9.63 Å². The van der Waals surface area contributed by atoms with E-state index < -0.39 is 11.9 Å². The highest BCUT2D eigenvalue weighted by molar-refractivity contribution is 9.10. The van der Waals surface area contributed by atoms with Gasteiger partial charge in [-0.25, -0.2) is 4.79 Å². The number of amides is 1. The van der Waals surface area contributed by atoms with Gasteiger partial charge in [0, 0.05) is 10.0 Å². The van der Waals surface area contributed by atoms with Gasteiger partial charge in [0.05, 0.1) is 5.69 Å². The van der Waals surface area contributed by atoms with Crippen LogP contribution in [0, 0.1) is 0 Å². The molecule has 0 radical (unpaired) electrons. The van der Waals surface area contributed by atoms with E-state index in [2.05, 4.69) is 26.4 Å². The quantitative estimate of drug-likeness (QED) is 0.668. The normalized spacial score (nSPS) is 15.1. The van der Waals surface area contributed by atoms with E-state index in [1.54, 1.807) is 35.7 Å². The van der Waals surface area contributed by atoms with Gasteiger partial charge in [0.1, 0.15) is 4.88 Å². The molecule has 0 unspecified atom stereocenters. The highest BCUT2D eigenvalue weighted by atomic mass is 79.9. The van der Waals surface area contributed by atoms with Gasteiger partial charge in [0.25, 0.3) is 5.91 Å². The molecule has 1 aliphatic heterocycles. The lowest BCUT2D eigenvalue weighted by Crippen LogP contribution is -2.15. The summed E-state index contributed by atoms with van der Waals surface area (Å²) < 4.78 is 0.810. The third-order valence-electron chi connectivity index (χ3n) is 2.64. The molecule has 1 N–H and O–H groups in total. The number of hydrogen-bond donors (Lipinski definition) is 1. The Bertz CT molecular complexity index is 725. The van der Waals surface area contributed by atoms with Gasteiger partial charge >= 0.3 is 5.97 Å². The fourth-order valence-electron chi connectivity index (χ4n) is 1.74. The van der Waals surface area contributed by atoms with Crippen molar-refractivity contribution >= 4 is 50.5 Å². The second-order valence-electron chi connectivity index (χ2n) is 3.94. The Morgan fingerprint density at radius 3 is 2.95 bits per heavy atom. The smallest absolute Gasteiger partial charge is 0.320 e. The number of benzene rings is 1. The topological polar surface area (TPSA) is 67.8 Å². The Morgan fingerprint density at radius 2 is 2.20 bits per heavy atom. The van der Waals surface area contributed by atoms with Crippen molar-refractivity contribution in [2.75, 3.05) is 5.32 Å². The van der Waals surface area contributed by atoms with Crippen molar-refractivity contribution in [3.63, 3.8) is 0 Å². The number of nitrogens with zero attached hydrogens (tertiary/aromatic N) is 1. The Labute approximate surface area is 126 Å². The number of rotatable bonds is 2. The summed E-state index contributed by atoms with van der Waals surface area (Å²) in [5.41, 5.74) is 1.33. The third kappa shape index (κ3) is 2.37. The average molecular weight is 351 g/mol. The van der Waals surface area contributed by atoms with Crippen LogP contribution in [-0.4, -0.2) is 17.6 Å². The Kier molecular flexibility index (Phi) is 3.37. The predicted octanol–water partition coefficient (Wildman–Crippen LogP) is 3.02. The van der Waals surface area contributed by atoms with Gasteiger partial charge in [-0.15, -0.1) is 11.3 Å². The predicted molar refractivity (Wildman–Crippen MR) is 79.0 cm³/mol. The second kappa shape index (κ2) is 5.18. The number of carbonyl (C=O) groups excluding carboxylic acids is 2. The molecule has 1 amide bonds. The maximum Gasteiger partial charge on any atom is 0.375 e. The zero-order valence-corrected chi connectivity index (χ0v) is 12.3. The SMILES string of the molecule is O=C1Nc2ccc(Br)cc2/C1=N/OC(=O)c1cccs1. The largest absolute Gasteiger partial charge is 0.375 e. The number of anilines is 1. The van der Waals surface area contributed by atoms with Gasteiger partial charge in [-0.3, -0.25) is 4.79 Å². The summed E-state index contributed by atoms with van der Waals surface area (Å²) in [6.07, 6.45) is 0. The highest BCUT2D eigenvalue weighted by Gasteiger charge is 2.27. The Morgan fingerprint density at radius 1 is 1.35 bits per heavy atom. The minimum absolute atomic E-state index is 0.0891. The third-order valence-corrected chi connectivity index (χ3v) is 3.99. The molecule has 2 aromatic rings. The second-order valence-corrected chi connectivity index (χ2v) is 5.80. The van der Waals surface area contributed by atoms with Crippen LogP contribution in [0.5, 0.6) is 0 Å². The molecule has 0 saturated heterocycles. The van der Waals surface area contributed by atoms with Crippen molar-refractivity contribution in [1.29, 1.82) is 0 Å². The van der Waals surface area contributed by atoms with Gasteiger partial charge in [0.15, 0.2) is 5.71 Å². The van der Waals surface area contributed by atoms with Crippen LogP contribution in [0.15, 0.2) is 45.3 Å². The van der Waals surface area contributed by atoms with Crippen molar-refractivity contribution in [3.8, 4) is 0 Å². The molecule has 0 spiro atoms. The fraction of sp³-hybridized carbons (Fsp3) is 0. The van der Waals surface area contributed by atoms with Crippen LogP contribution in [0.2, 0.25) is 0 Å². The van der Waals surface area contributed by atoms with Crippen molar-refractivity contribution in [1.82, 2.24) is 0 Å². The van der Waals surface area contributed by atoms with Crippen molar-refractivity contribution < 1.29 is 14.4 Å². The maximum absolute atomic E-state index is 11.8. The first-order chi connectivity index (χ1) is 9.65. The minimum atomic E-state index is -0.580. The minimum Gasteiger partial charge on any atom is -0.320 e. The van der Waals surface area contributed by atoms with E-state index in [1.165, 1.54) is 11.3 Å². The van der Waals surface area contributed by atoms with Gasteiger partial charge in [-0.2, -0.15) is 0 Å². The molecule has 3 rings (SSSR count). The molecule has 1 aromatic heterocycles. The van der Waals surface area contributed by atoms with E-state index in [0.717, 1.165) is 4.47 Å². The molecule has 0 saturated carbocycles. The van der Waals surface area contributed by atoms with Crippen LogP contribution >= 0.6 is 27.3 Å². The molecule has 20 heavy (non-hydrogen) atoms. The Balaban J connectivity index is 1.87. The fourth-order valence-corrected chi connectivity index (χ4v) is 2.70. The number of thiophene rings is 1. The molecular formula is C13H7BrN2O3S. The molecule has 5 nitrogen and oxygen atoms in total. The van der Waals surface area contributed by atoms with Crippen LogP contribution in [0.1, 0.15) is 15.2 Å². The maximum atomic E-state index is 11.8. The van der Waals surface area contributed by atoms with Crippen LogP contribution < -0.4 is 5.32 Å². The summed E-state index contributed by atoms with van der Waals surface area (Å²) in [7, 11) is 0. The zero-order chi connectivity index (χ0) is 14.1. The van der Waals surface area contributed by atoms with E-state index in [1.807, 2.05) is 0 Å². The summed E-state index contributed by atoms with van der Waals surface area (Å²) in [6, 6.07) is 8.67. The molecular weight excluding hydrogens is 344 g/mol. The molecule has 0 aliphatic carbocycles. The van der Waals surface area contributed by atoms with Crippen LogP contribution in [0.4, 0.5) is 5.69 Å². The molecule has 0 atom stereocenters. The van der Waals surface area contributed by atoms with Crippen molar-refractivity contribution in [3.05, 3.63) is 50.6 Å². The first-order valence-corrected chi connectivity index (χ1v) is 7.26. The van der Waals surface area contributed by atoms with Gasteiger partial charge in [-0.1, -0.05) is 27.2 Å². The molecule has 2 heterocycles. The van der Waals surface area contributed by atoms with Gasteiger partial charge in [-0.05, 0) is 29.6 Å². The summed E-state index contributed by atoms with van der Waals surface area (Å²) >= 11 is 4.57. The first-order valence-electron chi connectivity index (χ1n) is 5.59. The number of oxime groups is 1. The van der Waals surface area contributed by atoms with Crippen molar-refractivity contribution in [2.45, 2.75) is 0 Å². The van der Waals surface area contributed by atoms with Crippen molar-refractivity contribution in [2.24, 2.45) is 5.16 Å². The monoisotopic (exact) mass is 350 g/mol. The molecule has 0 bridgehead atoms. The Hall–Kier alpha value is -1.99. The van der Waals surface area contributed by atoms with E-state index in [-0.39, 0.29) is 5.71 Å². The molecule has 0 fully saturated rings. The lowest BCUT2D eigenvalue weighted by Gasteiger charge is -1.98. The molecule has 1 aromatic carbocycles. The van der Waals surface area contributed by atoms with Crippen LogP contribution in [0.25, 0.3) is 0 Å². The molecule has 1 aliphatic rings. The summed E-state index contributed by atoms with van der Waals surface area (Å²) in [6.45, 7) is 0. The van der Waals surface area contributed by atoms with E-state index in [0.29, 0.717) is 16.1 Å². The van der Waals surface area contributed by atoms with Gasteiger partial charge in [0.2, 0.25) is 0 Å². The summed E-state index contributed by atoms with van der Waals surface area (Å²) in [4.78, 5) is 28.7. The van der Waals surface area contributed by atoms with Crippen LogP contribution in [0.3, 0.4) is 0 Å². The highest BCUT2D eigenvalue weighted by Crippen LogP contribution is 2.27.